The lowest BCUT2D eigenvalue weighted by Gasteiger charge is -2.26. The van der Waals surface area contributed by atoms with Gasteiger partial charge in [0.05, 0.1) is 7.11 Å². The topological polar surface area (TPSA) is 21.3 Å². The van der Waals surface area contributed by atoms with Gasteiger partial charge in [0.15, 0.2) is 0 Å². The average Bonchev–Trinajstić information content (AvgIpc) is 2.30. The van der Waals surface area contributed by atoms with E-state index < -0.39 is 18.4 Å². The summed E-state index contributed by atoms with van der Waals surface area (Å²) in [5, 5.41) is 2.21. The molecule has 96 valence electrons. The number of alkyl halides is 4. The Bertz CT molecular complexity index is 353. The first kappa shape index (κ1) is 13.8. The molecule has 1 aromatic carbocycles. The highest BCUT2D eigenvalue weighted by Crippen LogP contribution is 2.36. The molecule has 6 heteroatoms. The van der Waals surface area contributed by atoms with Crippen molar-refractivity contribution < 1.29 is 22.3 Å². The van der Waals surface area contributed by atoms with Crippen molar-refractivity contribution in [3.05, 3.63) is 29.8 Å². The molecule has 0 fully saturated rings. The summed E-state index contributed by atoms with van der Waals surface area (Å²) >= 11 is 0. The molecule has 1 atom stereocenters. The van der Waals surface area contributed by atoms with E-state index in [1.54, 1.807) is 0 Å². The molecule has 0 aromatic heterocycles. The number of halogens is 4. The van der Waals surface area contributed by atoms with Crippen LogP contribution in [0, 0.1) is 0 Å². The first-order valence-electron chi connectivity index (χ1n) is 4.90. The summed E-state index contributed by atoms with van der Waals surface area (Å²) in [6.45, 7) is 0. The van der Waals surface area contributed by atoms with Crippen LogP contribution in [0.25, 0.3) is 0 Å². The largest absolute Gasteiger partial charge is 0.497 e. The number of nitrogens with one attached hydrogen (secondary N) is 1. The van der Waals surface area contributed by atoms with E-state index in [2.05, 4.69) is 5.32 Å². The predicted octanol–water partition coefficient (Wildman–Crippen LogP) is 2.86. The molecule has 2 nitrogen and oxygen atoms in total. The molecular formula is C11H13F4NO. The quantitative estimate of drug-likeness (QED) is 0.812. The zero-order valence-corrected chi connectivity index (χ0v) is 9.38. The van der Waals surface area contributed by atoms with Gasteiger partial charge in [0.25, 0.3) is 0 Å². The molecule has 1 unspecified atom stereocenters. The summed E-state index contributed by atoms with van der Waals surface area (Å²) in [5.74, 6) is -3.65. The molecule has 1 aromatic rings. The van der Waals surface area contributed by atoms with Crippen LogP contribution < -0.4 is 10.1 Å². The summed E-state index contributed by atoms with van der Waals surface area (Å²) in [6.07, 6.45) is -3.72. The van der Waals surface area contributed by atoms with Crippen molar-refractivity contribution in [2.45, 2.75) is 18.4 Å². The van der Waals surface area contributed by atoms with Gasteiger partial charge in [0, 0.05) is 0 Å². The smallest absolute Gasteiger partial charge is 0.326 e. The molecule has 0 saturated carbocycles. The third-order valence-corrected chi connectivity index (χ3v) is 2.41. The fourth-order valence-electron chi connectivity index (χ4n) is 1.50. The van der Waals surface area contributed by atoms with E-state index in [-0.39, 0.29) is 5.56 Å². The van der Waals surface area contributed by atoms with Gasteiger partial charge >= 0.3 is 12.3 Å². The van der Waals surface area contributed by atoms with E-state index in [4.69, 9.17) is 4.74 Å². The molecule has 0 aliphatic carbocycles. The summed E-state index contributed by atoms with van der Waals surface area (Å²) in [7, 11) is 2.64. The Labute approximate surface area is 96.6 Å². The van der Waals surface area contributed by atoms with Crippen molar-refractivity contribution in [1.29, 1.82) is 0 Å². The molecule has 0 spiro atoms. The number of hydrogen-bond acceptors (Lipinski definition) is 2. The Balaban J connectivity index is 3.01. The van der Waals surface area contributed by atoms with Gasteiger partial charge in [-0.05, 0) is 24.7 Å². The van der Waals surface area contributed by atoms with Crippen molar-refractivity contribution in [3.63, 3.8) is 0 Å². The van der Waals surface area contributed by atoms with E-state index in [0.717, 1.165) is 0 Å². The van der Waals surface area contributed by atoms with E-state index in [0.29, 0.717) is 5.75 Å². The number of hydrogen-bond donors (Lipinski definition) is 1. The minimum absolute atomic E-state index is 0.0820. The molecule has 0 saturated heterocycles. The van der Waals surface area contributed by atoms with Crippen LogP contribution in [0.15, 0.2) is 24.3 Å². The highest BCUT2D eigenvalue weighted by molar-refractivity contribution is 5.30. The first-order chi connectivity index (χ1) is 7.93. The lowest BCUT2D eigenvalue weighted by Crippen LogP contribution is -2.41. The number of ether oxygens (including phenoxy) is 1. The Morgan fingerprint density at radius 3 is 2.06 bits per heavy atom. The van der Waals surface area contributed by atoms with Crippen molar-refractivity contribution in [1.82, 2.24) is 5.32 Å². The van der Waals surface area contributed by atoms with Crippen LogP contribution in [0.3, 0.4) is 0 Å². The maximum atomic E-state index is 13.2. The van der Waals surface area contributed by atoms with E-state index in [9.17, 15) is 17.6 Å². The fourth-order valence-corrected chi connectivity index (χ4v) is 1.50. The highest BCUT2D eigenvalue weighted by atomic mass is 19.3. The summed E-state index contributed by atoms with van der Waals surface area (Å²) in [6, 6.07) is 3.82. The molecule has 0 radical (unpaired) electrons. The van der Waals surface area contributed by atoms with Crippen LogP contribution in [-0.4, -0.2) is 26.5 Å². The number of benzene rings is 1. The van der Waals surface area contributed by atoms with Crippen LogP contribution in [-0.2, 0) is 0 Å². The molecule has 17 heavy (non-hydrogen) atoms. The Hall–Kier alpha value is -1.30. The Morgan fingerprint density at radius 2 is 1.71 bits per heavy atom. The molecule has 0 bridgehead atoms. The zero-order valence-electron chi connectivity index (χ0n) is 9.38. The van der Waals surface area contributed by atoms with Crippen LogP contribution in [0.2, 0.25) is 0 Å². The van der Waals surface area contributed by atoms with Gasteiger partial charge in [0.2, 0.25) is 0 Å². The van der Waals surface area contributed by atoms with Gasteiger partial charge in [-0.15, -0.1) is 0 Å². The predicted molar refractivity (Wildman–Crippen MR) is 55.7 cm³/mol. The van der Waals surface area contributed by atoms with E-state index in [1.807, 2.05) is 0 Å². The number of methoxy groups -OCH3 is 1. The fraction of sp³-hybridized carbons (Fsp3) is 0.455. The average molecular weight is 251 g/mol. The molecule has 0 aliphatic rings. The van der Waals surface area contributed by atoms with E-state index >= 15 is 0 Å². The maximum Gasteiger partial charge on any atom is 0.326 e. The second kappa shape index (κ2) is 5.35. The molecule has 0 heterocycles. The minimum Gasteiger partial charge on any atom is -0.497 e. The van der Waals surface area contributed by atoms with Gasteiger partial charge in [-0.3, -0.25) is 0 Å². The van der Waals surface area contributed by atoms with Crippen molar-refractivity contribution >= 4 is 0 Å². The summed E-state index contributed by atoms with van der Waals surface area (Å²) in [4.78, 5) is 0. The third kappa shape index (κ3) is 2.88. The van der Waals surface area contributed by atoms with Crippen molar-refractivity contribution in [2.24, 2.45) is 0 Å². The molecule has 1 N–H and O–H groups in total. The van der Waals surface area contributed by atoms with Gasteiger partial charge in [-0.25, -0.2) is 8.78 Å². The van der Waals surface area contributed by atoms with Gasteiger partial charge in [-0.2, -0.15) is 8.78 Å². The van der Waals surface area contributed by atoms with Gasteiger partial charge < -0.3 is 10.1 Å². The SMILES string of the molecule is CNC(c1ccc(OC)cc1)C(F)(F)C(F)F. The Kier molecular flexibility index (Phi) is 4.34. The molecule has 1 rings (SSSR count). The zero-order chi connectivity index (χ0) is 13.1. The normalized spacial score (nSPS) is 13.8. The van der Waals surface area contributed by atoms with Gasteiger partial charge in [-0.1, -0.05) is 12.1 Å². The van der Waals surface area contributed by atoms with E-state index in [1.165, 1.54) is 38.4 Å². The monoisotopic (exact) mass is 251 g/mol. The lowest BCUT2D eigenvalue weighted by atomic mass is 10.0. The summed E-state index contributed by atoms with van der Waals surface area (Å²) < 4.78 is 55.9. The van der Waals surface area contributed by atoms with Crippen LogP contribution in [0.5, 0.6) is 5.75 Å². The van der Waals surface area contributed by atoms with Gasteiger partial charge in [0.1, 0.15) is 11.8 Å². The standard InChI is InChI=1S/C11H13F4NO/c1-16-9(11(14,15)10(12)13)7-3-5-8(17-2)6-4-7/h3-6,9-10,16H,1-2H3. The molecular weight excluding hydrogens is 238 g/mol. The van der Waals surface area contributed by atoms with Crippen LogP contribution in [0.1, 0.15) is 11.6 Å². The summed E-state index contributed by atoms with van der Waals surface area (Å²) in [5.41, 5.74) is 0.0820. The molecule has 0 amide bonds. The van der Waals surface area contributed by atoms with Crippen LogP contribution >= 0.6 is 0 Å². The first-order valence-corrected chi connectivity index (χ1v) is 4.90. The minimum atomic E-state index is -4.12. The molecule has 0 aliphatic heterocycles. The van der Waals surface area contributed by atoms with Crippen molar-refractivity contribution in [2.75, 3.05) is 14.2 Å². The van der Waals surface area contributed by atoms with Crippen LogP contribution in [0.4, 0.5) is 17.6 Å². The van der Waals surface area contributed by atoms with Crippen molar-refractivity contribution in [3.8, 4) is 5.75 Å². The Morgan fingerprint density at radius 1 is 1.18 bits per heavy atom. The highest BCUT2D eigenvalue weighted by Gasteiger charge is 2.48. The second-order valence-electron chi connectivity index (χ2n) is 3.47. The maximum absolute atomic E-state index is 13.2. The number of rotatable bonds is 5. The third-order valence-electron chi connectivity index (χ3n) is 2.41. The second-order valence-corrected chi connectivity index (χ2v) is 3.47. The lowest BCUT2D eigenvalue weighted by molar-refractivity contribution is -0.150.